The van der Waals surface area contributed by atoms with E-state index in [0.29, 0.717) is 11.8 Å². The van der Waals surface area contributed by atoms with Crippen molar-refractivity contribution in [3.8, 4) is 0 Å². The van der Waals surface area contributed by atoms with Gasteiger partial charge in [-0.25, -0.2) is 0 Å². The van der Waals surface area contributed by atoms with Gasteiger partial charge in [0.25, 0.3) is 0 Å². The van der Waals surface area contributed by atoms with Gasteiger partial charge in [-0.15, -0.1) is 0 Å². The van der Waals surface area contributed by atoms with Gasteiger partial charge in [0.1, 0.15) is 0 Å². The normalized spacial score (nSPS) is 29.4. The summed E-state index contributed by atoms with van der Waals surface area (Å²) in [5.41, 5.74) is 6.03. The Morgan fingerprint density at radius 1 is 1.35 bits per heavy atom. The molecule has 0 bridgehead atoms. The van der Waals surface area contributed by atoms with Gasteiger partial charge in [0.15, 0.2) is 0 Å². The van der Waals surface area contributed by atoms with E-state index >= 15 is 0 Å². The summed E-state index contributed by atoms with van der Waals surface area (Å²) in [6, 6.07) is 0.202. The molecule has 1 fully saturated rings. The second-order valence-corrected chi connectivity index (χ2v) is 5.49. The van der Waals surface area contributed by atoms with Crippen LogP contribution in [0, 0.1) is 17.8 Å². The highest BCUT2D eigenvalue weighted by molar-refractivity contribution is 5.79. The van der Waals surface area contributed by atoms with E-state index in [9.17, 15) is 4.79 Å². The quantitative estimate of drug-likeness (QED) is 0.774. The first-order chi connectivity index (χ1) is 8.10. The standard InChI is InChI=1S/C14H28N2O/c1-4-11(5-2)9-16-14(17)12-7-6-8-13(15)10(12)3/h10-13H,4-9,15H2,1-3H3,(H,16,17). The average Bonchev–Trinajstić information content (AvgIpc) is 2.33. The van der Waals surface area contributed by atoms with Gasteiger partial charge in [-0.2, -0.15) is 0 Å². The maximum Gasteiger partial charge on any atom is 0.223 e. The molecule has 0 spiro atoms. The fourth-order valence-electron chi connectivity index (χ4n) is 2.72. The zero-order valence-electron chi connectivity index (χ0n) is 11.5. The number of nitrogens with one attached hydrogen (secondary N) is 1. The highest BCUT2D eigenvalue weighted by Crippen LogP contribution is 2.29. The van der Waals surface area contributed by atoms with E-state index < -0.39 is 0 Å². The number of hydrogen-bond donors (Lipinski definition) is 2. The van der Waals surface area contributed by atoms with Crippen LogP contribution in [0.4, 0.5) is 0 Å². The summed E-state index contributed by atoms with van der Waals surface area (Å²) in [6.45, 7) is 7.30. The SMILES string of the molecule is CCC(CC)CNC(=O)C1CCCC(N)C1C. The van der Waals surface area contributed by atoms with E-state index in [4.69, 9.17) is 5.73 Å². The van der Waals surface area contributed by atoms with Crippen LogP contribution in [-0.2, 0) is 4.79 Å². The molecule has 1 aliphatic carbocycles. The van der Waals surface area contributed by atoms with Crippen molar-refractivity contribution in [3.63, 3.8) is 0 Å². The van der Waals surface area contributed by atoms with E-state index in [-0.39, 0.29) is 17.9 Å². The average molecular weight is 240 g/mol. The first-order valence-corrected chi connectivity index (χ1v) is 7.13. The van der Waals surface area contributed by atoms with Gasteiger partial charge in [-0.1, -0.05) is 40.0 Å². The summed E-state index contributed by atoms with van der Waals surface area (Å²) < 4.78 is 0. The molecular weight excluding hydrogens is 212 g/mol. The molecule has 3 unspecified atom stereocenters. The molecule has 0 aromatic carbocycles. The Balaban J connectivity index is 2.41. The van der Waals surface area contributed by atoms with Gasteiger partial charge < -0.3 is 11.1 Å². The van der Waals surface area contributed by atoms with Crippen LogP contribution in [0.15, 0.2) is 0 Å². The van der Waals surface area contributed by atoms with Gasteiger partial charge in [0, 0.05) is 18.5 Å². The zero-order chi connectivity index (χ0) is 12.8. The van der Waals surface area contributed by atoms with Crippen molar-refractivity contribution in [3.05, 3.63) is 0 Å². The van der Waals surface area contributed by atoms with Crippen LogP contribution in [0.3, 0.4) is 0 Å². The third-order valence-corrected chi connectivity index (χ3v) is 4.42. The number of carbonyl (C=O) groups is 1. The van der Waals surface area contributed by atoms with E-state index in [0.717, 1.165) is 38.6 Å². The maximum absolute atomic E-state index is 12.1. The predicted octanol–water partition coefficient (Wildman–Crippen LogP) is 2.30. The van der Waals surface area contributed by atoms with Crippen LogP contribution < -0.4 is 11.1 Å². The first-order valence-electron chi connectivity index (χ1n) is 7.13. The van der Waals surface area contributed by atoms with Gasteiger partial charge >= 0.3 is 0 Å². The van der Waals surface area contributed by atoms with Crippen molar-refractivity contribution in [2.24, 2.45) is 23.5 Å². The van der Waals surface area contributed by atoms with E-state index in [2.05, 4.69) is 26.1 Å². The summed E-state index contributed by atoms with van der Waals surface area (Å²) in [4.78, 5) is 12.1. The molecule has 0 heterocycles. The minimum Gasteiger partial charge on any atom is -0.356 e. The molecule has 0 aromatic heterocycles. The molecule has 0 saturated heterocycles. The molecular formula is C14H28N2O. The lowest BCUT2D eigenvalue weighted by molar-refractivity contribution is -0.128. The highest BCUT2D eigenvalue weighted by Gasteiger charge is 2.32. The second kappa shape index (κ2) is 7.00. The molecule has 17 heavy (non-hydrogen) atoms. The Morgan fingerprint density at radius 3 is 2.59 bits per heavy atom. The van der Waals surface area contributed by atoms with Crippen molar-refractivity contribution < 1.29 is 4.79 Å². The van der Waals surface area contributed by atoms with Crippen LogP contribution >= 0.6 is 0 Å². The van der Waals surface area contributed by atoms with Gasteiger partial charge in [0.05, 0.1) is 0 Å². The van der Waals surface area contributed by atoms with Crippen LogP contribution in [0.25, 0.3) is 0 Å². The number of rotatable bonds is 5. The molecule has 100 valence electrons. The third kappa shape index (κ3) is 3.98. The lowest BCUT2D eigenvalue weighted by Crippen LogP contribution is -2.45. The molecule has 3 heteroatoms. The van der Waals surface area contributed by atoms with Crippen molar-refractivity contribution in [1.82, 2.24) is 5.32 Å². The number of amides is 1. The number of hydrogen-bond acceptors (Lipinski definition) is 2. The van der Waals surface area contributed by atoms with E-state index in [1.165, 1.54) is 0 Å². The molecule has 1 rings (SSSR count). The molecule has 3 N–H and O–H groups in total. The lowest BCUT2D eigenvalue weighted by Gasteiger charge is -2.33. The summed E-state index contributed by atoms with van der Waals surface area (Å²) in [5, 5.41) is 3.11. The molecule has 0 aliphatic heterocycles. The molecule has 1 aliphatic rings. The Kier molecular flexibility index (Phi) is 5.96. The Bertz CT molecular complexity index is 238. The maximum atomic E-state index is 12.1. The molecule has 3 atom stereocenters. The summed E-state index contributed by atoms with van der Waals surface area (Å²) in [6.07, 6.45) is 5.43. The smallest absolute Gasteiger partial charge is 0.223 e. The molecule has 1 saturated carbocycles. The molecule has 0 aromatic rings. The Morgan fingerprint density at radius 2 is 2.00 bits per heavy atom. The van der Waals surface area contributed by atoms with E-state index in [1.54, 1.807) is 0 Å². The summed E-state index contributed by atoms with van der Waals surface area (Å²) in [5.74, 6) is 1.30. The van der Waals surface area contributed by atoms with E-state index in [1.807, 2.05) is 0 Å². The highest BCUT2D eigenvalue weighted by atomic mass is 16.1. The van der Waals surface area contributed by atoms with Crippen molar-refractivity contribution in [2.75, 3.05) is 6.54 Å². The van der Waals surface area contributed by atoms with Gasteiger partial charge in [0.2, 0.25) is 5.91 Å². The molecule has 0 radical (unpaired) electrons. The fourth-order valence-corrected chi connectivity index (χ4v) is 2.72. The Hall–Kier alpha value is -0.570. The first kappa shape index (κ1) is 14.5. The molecule has 1 amide bonds. The topological polar surface area (TPSA) is 55.1 Å². The summed E-state index contributed by atoms with van der Waals surface area (Å²) in [7, 11) is 0. The van der Waals surface area contributed by atoms with Crippen LogP contribution in [0.2, 0.25) is 0 Å². The van der Waals surface area contributed by atoms with Crippen LogP contribution in [0.5, 0.6) is 0 Å². The molecule has 3 nitrogen and oxygen atoms in total. The monoisotopic (exact) mass is 240 g/mol. The van der Waals surface area contributed by atoms with Gasteiger partial charge in [-0.3, -0.25) is 4.79 Å². The zero-order valence-corrected chi connectivity index (χ0v) is 11.5. The number of nitrogens with two attached hydrogens (primary N) is 1. The predicted molar refractivity (Wildman–Crippen MR) is 71.6 cm³/mol. The van der Waals surface area contributed by atoms with Crippen molar-refractivity contribution in [1.29, 1.82) is 0 Å². The Labute approximate surface area is 106 Å². The van der Waals surface area contributed by atoms with Crippen molar-refractivity contribution in [2.45, 2.75) is 58.9 Å². The summed E-state index contributed by atoms with van der Waals surface area (Å²) >= 11 is 0. The minimum absolute atomic E-state index is 0.133. The number of carbonyl (C=O) groups excluding carboxylic acids is 1. The lowest BCUT2D eigenvalue weighted by atomic mass is 9.77. The van der Waals surface area contributed by atoms with Crippen molar-refractivity contribution >= 4 is 5.91 Å². The van der Waals surface area contributed by atoms with Gasteiger partial charge in [-0.05, 0) is 24.7 Å². The largest absolute Gasteiger partial charge is 0.356 e. The van der Waals surface area contributed by atoms with Crippen LogP contribution in [0.1, 0.15) is 52.9 Å². The van der Waals surface area contributed by atoms with Crippen LogP contribution in [-0.4, -0.2) is 18.5 Å². The third-order valence-electron chi connectivity index (χ3n) is 4.42. The minimum atomic E-state index is 0.133. The fraction of sp³-hybridized carbons (Fsp3) is 0.929. The second-order valence-electron chi connectivity index (χ2n) is 5.49.